The minimum Gasteiger partial charge on any atom is -0.440 e. The predicted molar refractivity (Wildman–Crippen MR) is 69.5 cm³/mol. The quantitative estimate of drug-likeness (QED) is 0.793. The lowest BCUT2D eigenvalue weighted by molar-refractivity contribution is 0.557. The Balaban J connectivity index is 2.62. The molecule has 0 saturated carbocycles. The molecule has 2 aromatic rings. The molecule has 0 spiro atoms. The first kappa shape index (κ1) is 11.5. The molecule has 0 aliphatic rings. The number of benzene rings is 1. The molecular weight excluding hydrogens is 214 g/mol. The van der Waals surface area contributed by atoms with Crippen molar-refractivity contribution in [3.05, 3.63) is 52.2 Å². The van der Waals surface area contributed by atoms with Gasteiger partial charge in [0.05, 0.1) is 5.56 Å². The summed E-state index contributed by atoms with van der Waals surface area (Å²) in [6.45, 7) is 1.77. The van der Waals surface area contributed by atoms with Gasteiger partial charge < -0.3 is 9.32 Å². The molecule has 2 rings (SSSR count). The van der Waals surface area contributed by atoms with Crippen molar-refractivity contribution in [2.24, 2.45) is 0 Å². The van der Waals surface area contributed by atoms with Gasteiger partial charge in [-0.05, 0) is 6.92 Å². The van der Waals surface area contributed by atoms with Gasteiger partial charge in [-0.25, -0.2) is 0 Å². The second kappa shape index (κ2) is 4.45. The summed E-state index contributed by atoms with van der Waals surface area (Å²) in [7, 11) is 3.72. The smallest absolute Gasteiger partial charge is 0.202 e. The summed E-state index contributed by atoms with van der Waals surface area (Å²) < 4.78 is 5.76. The van der Waals surface area contributed by atoms with Gasteiger partial charge >= 0.3 is 0 Å². The first-order valence-electron chi connectivity index (χ1n) is 5.47. The number of hydrogen-bond donors (Lipinski definition) is 0. The maximum Gasteiger partial charge on any atom is 0.202 e. The molecule has 1 aromatic heterocycles. The SMILES string of the molecule is Cc1c(N(C)C)oc(-c2ccccc2)cc1=O. The standard InChI is InChI=1S/C14H15NO2/c1-10-12(16)9-13(17-14(10)15(2)3)11-7-5-4-6-8-11/h4-9H,1-3H3. The Bertz CT molecular complexity index is 571. The molecule has 1 aromatic carbocycles. The van der Waals surface area contributed by atoms with E-state index in [1.54, 1.807) is 6.92 Å². The first-order valence-corrected chi connectivity index (χ1v) is 5.47. The van der Waals surface area contributed by atoms with Crippen molar-refractivity contribution in [2.45, 2.75) is 6.92 Å². The van der Waals surface area contributed by atoms with Gasteiger partial charge in [-0.15, -0.1) is 0 Å². The minimum atomic E-state index is -0.00111. The molecule has 3 heteroatoms. The third-order valence-corrected chi connectivity index (χ3v) is 2.62. The maximum atomic E-state index is 11.9. The molecule has 0 bridgehead atoms. The summed E-state index contributed by atoms with van der Waals surface area (Å²) in [6, 6.07) is 11.2. The Hall–Kier alpha value is -2.03. The van der Waals surface area contributed by atoms with Crippen LogP contribution in [0, 0.1) is 6.92 Å². The first-order chi connectivity index (χ1) is 8.09. The van der Waals surface area contributed by atoms with Crippen molar-refractivity contribution in [2.75, 3.05) is 19.0 Å². The molecule has 1 heterocycles. The van der Waals surface area contributed by atoms with Crippen LogP contribution in [-0.4, -0.2) is 14.1 Å². The molecule has 0 aliphatic heterocycles. The summed E-state index contributed by atoms with van der Waals surface area (Å²) in [4.78, 5) is 13.7. The van der Waals surface area contributed by atoms with Gasteiger partial charge in [0, 0.05) is 25.7 Å². The predicted octanol–water partition coefficient (Wildman–Crippen LogP) is 2.68. The van der Waals surface area contributed by atoms with E-state index >= 15 is 0 Å². The van der Waals surface area contributed by atoms with E-state index in [1.165, 1.54) is 6.07 Å². The van der Waals surface area contributed by atoms with Gasteiger partial charge in [0.15, 0.2) is 5.43 Å². The van der Waals surface area contributed by atoms with Crippen molar-refractivity contribution in [3.63, 3.8) is 0 Å². The van der Waals surface area contributed by atoms with Gasteiger partial charge in [-0.3, -0.25) is 4.79 Å². The molecule has 0 atom stereocenters. The molecule has 0 unspecified atom stereocenters. The van der Waals surface area contributed by atoms with E-state index < -0.39 is 0 Å². The van der Waals surface area contributed by atoms with Crippen LogP contribution in [-0.2, 0) is 0 Å². The Morgan fingerprint density at radius 1 is 1.12 bits per heavy atom. The highest BCUT2D eigenvalue weighted by Crippen LogP contribution is 2.23. The molecule has 88 valence electrons. The van der Waals surface area contributed by atoms with Gasteiger partial charge in [0.2, 0.25) is 5.88 Å². The summed E-state index contributed by atoms with van der Waals surface area (Å²) >= 11 is 0. The Morgan fingerprint density at radius 3 is 2.35 bits per heavy atom. The zero-order valence-electron chi connectivity index (χ0n) is 10.2. The normalized spacial score (nSPS) is 10.3. The summed E-state index contributed by atoms with van der Waals surface area (Å²) in [6.07, 6.45) is 0. The van der Waals surface area contributed by atoms with E-state index in [2.05, 4.69) is 0 Å². The molecule has 17 heavy (non-hydrogen) atoms. The highest BCUT2D eigenvalue weighted by atomic mass is 16.4. The second-order valence-corrected chi connectivity index (χ2v) is 4.17. The van der Waals surface area contributed by atoms with Crippen LogP contribution in [0.5, 0.6) is 0 Å². The summed E-state index contributed by atoms with van der Waals surface area (Å²) in [5.74, 6) is 1.21. The van der Waals surface area contributed by atoms with E-state index in [0.717, 1.165) is 5.56 Å². The molecule has 0 fully saturated rings. The van der Waals surface area contributed by atoms with E-state index in [9.17, 15) is 4.79 Å². The summed E-state index contributed by atoms with van der Waals surface area (Å²) in [5.41, 5.74) is 1.54. The van der Waals surface area contributed by atoms with Gasteiger partial charge in [0.1, 0.15) is 5.76 Å². The average molecular weight is 229 g/mol. The lowest BCUT2D eigenvalue weighted by atomic mass is 10.1. The average Bonchev–Trinajstić information content (AvgIpc) is 2.33. The van der Waals surface area contributed by atoms with Crippen LogP contribution < -0.4 is 10.3 Å². The van der Waals surface area contributed by atoms with Gasteiger partial charge in [-0.2, -0.15) is 0 Å². The number of anilines is 1. The topological polar surface area (TPSA) is 33.5 Å². The highest BCUT2D eigenvalue weighted by Gasteiger charge is 2.10. The van der Waals surface area contributed by atoms with Gasteiger partial charge in [0.25, 0.3) is 0 Å². The van der Waals surface area contributed by atoms with Crippen LogP contribution in [0.25, 0.3) is 11.3 Å². The van der Waals surface area contributed by atoms with Crippen LogP contribution in [0.15, 0.2) is 45.6 Å². The third kappa shape index (κ3) is 2.23. The molecular formula is C14H15NO2. The highest BCUT2D eigenvalue weighted by molar-refractivity contribution is 5.59. The van der Waals surface area contributed by atoms with Crippen molar-refractivity contribution in [3.8, 4) is 11.3 Å². The van der Waals surface area contributed by atoms with Crippen molar-refractivity contribution >= 4 is 5.88 Å². The zero-order chi connectivity index (χ0) is 12.4. The van der Waals surface area contributed by atoms with Crippen LogP contribution in [0.4, 0.5) is 5.88 Å². The van der Waals surface area contributed by atoms with Crippen molar-refractivity contribution in [1.82, 2.24) is 0 Å². The minimum absolute atomic E-state index is 0.00111. The Labute approximate surface area is 100 Å². The monoisotopic (exact) mass is 229 g/mol. The number of rotatable bonds is 2. The zero-order valence-corrected chi connectivity index (χ0v) is 10.2. The van der Waals surface area contributed by atoms with Gasteiger partial charge in [-0.1, -0.05) is 30.3 Å². The molecule has 0 N–H and O–H groups in total. The fraction of sp³-hybridized carbons (Fsp3) is 0.214. The second-order valence-electron chi connectivity index (χ2n) is 4.17. The van der Waals surface area contributed by atoms with E-state index in [-0.39, 0.29) is 5.43 Å². The Morgan fingerprint density at radius 2 is 1.76 bits per heavy atom. The number of nitrogens with zero attached hydrogens (tertiary/aromatic N) is 1. The lowest BCUT2D eigenvalue weighted by Gasteiger charge is -2.14. The lowest BCUT2D eigenvalue weighted by Crippen LogP contribution is -2.15. The molecule has 0 aliphatic carbocycles. The fourth-order valence-corrected chi connectivity index (χ4v) is 1.71. The van der Waals surface area contributed by atoms with E-state index in [0.29, 0.717) is 17.2 Å². The fourth-order valence-electron chi connectivity index (χ4n) is 1.71. The van der Waals surface area contributed by atoms with Crippen LogP contribution in [0.2, 0.25) is 0 Å². The van der Waals surface area contributed by atoms with Crippen LogP contribution in [0.3, 0.4) is 0 Å². The van der Waals surface area contributed by atoms with Crippen LogP contribution >= 0.6 is 0 Å². The van der Waals surface area contributed by atoms with Crippen LogP contribution in [0.1, 0.15) is 5.56 Å². The molecule has 0 amide bonds. The number of hydrogen-bond acceptors (Lipinski definition) is 3. The van der Waals surface area contributed by atoms with E-state index in [1.807, 2.05) is 49.3 Å². The largest absolute Gasteiger partial charge is 0.440 e. The molecule has 0 radical (unpaired) electrons. The summed E-state index contributed by atoms with van der Waals surface area (Å²) in [5, 5.41) is 0. The molecule has 3 nitrogen and oxygen atoms in total. The Kier molecular flexibility index (Phi) is 3.00. The molecule has 0 saturated heterocycles. The van der Waals surface area contributed by atoms with Crippen molar-refractivity contribution < 1.29 is 4.42 Å². The maximum absolute atomic E-state index is 11.9. The van der Waals surface area contributed by atoms with Crippen molar-refractivity contribution in [1.29, 1.82) is 0 Å². The third-order valence-electron chi connectivity index (χ3n) is 2.62. The van der Waals surface area contributed by atoms with E-state index in [4.69, 9.17) is 4.42 Å².